The van der Waals surface area contributed by atoms with E-state index < -0.39 is 0 Å². The Morgan fingerprint density at radius 3 is 3.08 bits per heavy atom. The molecule has 144 valence electrons. The van der Waals surface area contributed by atoms with Gasteiger partial charge in [0.05, 0.1) is 19.3 Å². The fourth-order valence-corrected chi connectivity index (χ4v) is 3.72. The van der Waals surface area contributed by atoms with Crippen LogP contribution in [0.3, 0.4) is 0 Å². The molecule has 0 amide bonds. The van der Waals surface area contributed by atoms with Gasteiger partial charge >= 0.3 is 0 Å². The average molecular weight is 361 g/mol. The van der Waals surface area contributed by atoms with Gasteiger partial charge in [0.2, 0.25) is 0 Å². The van der Waals surface area contributed by atoms with Crippen molar-refractivity contribution in [3.8, 4) is 5.75 Å². The molecular formula is C20H32N4O2. The van der Waals surface area contributed by atoms with Crippen LogP contribution < -0.4 is 15.4 Å². The normalized spacial score (nSPS) is 23.6. The van der Waals surface area contributed by atoms with E-state index in [0.717, 1.165) is 37.0 Å². The van der Waals surface area contributed by atoms with E-state index in [1.807, 2.05) is 6.92 Å². The Labute approximate surface area is 157 Å². The topological polar surface area (TPSA) is 58.1 Å². The van der Waals surface area contributed by atoms with Crippen molar-refractivity contribution in [2.45, 2.75) is 45.4 Å². The number of benzene rings is 1. The summed E-state index contributed by atoms with van der Waals surface area (Å²) >= 11 is 0. The second-order valence-electron chi connectivity index (χ2n) is 7.10. The maximum Gasteiger partial charge on any atom is 0.191 e. The summed E-state index contributed by atoms with van der Waals surface area (Å²) < 4.78 is 11.8. The van der Waals surface area contributed by atoms with Crippen molar-refractivity contribution in [3.63, 3.8) is 0 Å². The van der Waals surface area contributed by atoms with Crippen molar-refractivity contribution in [1.82, 2.24) is 15.5 Å². The molecule has 2 N–H and O–H groups in total. The summed E-state index contributed by atoms with van der Waals surface area (Å²) in [4.78, 5) is 6.89. The third kappa shape index (κ3) is 4.89. The van der Waals surface area contributed by atoms with Gasteiger partial charge in [-0.15, -0.1) is 0 Å². The molecular weight excluding hydrogens is 328 g/mol. The molecule has 0 saturated carbocycles. The summed E-state index contributed by atoms with van der Waals surface area (Å²) in [5.74, 6) is 1.73. The highest BCUT2D eigenvalue weighted by Crippen LogP contribution is 2.22. The maximum absolute atomic E-state index is 6.01. The van der Waals surface area contributed by atoms with Gasteiger partial charge in [-0.25, -0.2) is 0 Å². The number of morpholine rings is 1. The van der Waals surface area contributed by atoms with Crippen LogP contribution in [0.4, 0.5) is 0 Å². The summed E-state index contributed by atoms with van der Waals surface area (Å²) in [6, 6.07) is 6.94. The zero-order valence-electron chi connectivity index (χ0n) is 16.3. The van der Waals surface area contributed by atoms with Crippen molar-refractivity contribution >= 4 is 5.96 Å². The molecule has 0 bridgehead atoms. The van der Waals surface area contributed by atoms with E-state index in [9.17, 15) is 0 Å². The zero-order chi connectivity index (χ0) is 18.4. The molecule has 1 aromatic carbocycles. The number of guanidine groups is 1. The average Bonchev–Trinajstić information content (AvgIpc) is 3.11. The van der Waals surface area contributed by atoms with Gasteiger partial charge < -0.3 is 20.1 Å². The first-order valence-corrected chi connectivity index (χ1v) is 9.72. The maximum atomic E-state index is 6.01. The lowest BCUT2D eigenvalue weighted by atomic mass is 10.1. The van der Waals surface area contributed by atoms with Crippen LogP contribution in [0.25, 0.3) is 0 Å². The summed E-state index contributed by atoms with van der Waals surface area (Å²) in [5, 5.41) is 6.78. The molecule has 2 saturated heterocycles. The Kier molecular flexibility index (Phi) is 6.74. The first-order valence-electron chi connectivity index (χ1n) is 9.72. The monoisotopic (exact) mass is 360 g/mol. The standard InChI is InChI=1S/C20H32N4O2/c1-4-25-19-10-15(2)7-8-16(19)11-22-20(21-3)23-12-18-13-24-9-5-6-17(24)14-26-18/h7-8,10,17-18H,4-6,9,11-14H2,1-3H3,(H2,21,22,23). The highest BCUT2D eigenvalue weighted by Gasteiger charge is 2.32. The molecule has 2 heterocycles. The van der Waals surface area contributed by atoms with Crippen LogP contribution in [0.2, 0.25) is 0 Å². The van der Waals surface area contributed by atoms with E-state index in [4.69, 9.17) is 9.47 Å². The van der Waals surface area contributed by atoms with Gasteiger partial charge in [-0.05, 0) is 44.9 Å². The highest BCUT2D eigenvalue weighted by atomic mass is 16.5. The number of rotatable bonds is 6. The van der Waals surface area contributed by atoms with Crippen LogP contribution in [-0.4, -0.2) is 62.9 Å². The number of hydrogen-bond donors (Lipinski definition) is 2. The molecule has 2 aliphatic heterocycles. The molecule has 26 heavy (non-hydrogen) atoms. The minimum atomic E-state index is 0.223. The molecule has 0 spiro atoms. The molecule has 2 aliphatic rings. The molecule has 2 atom stereocenters. The number of fused-ring (bicyclic) bond motifs is 1. The molecule has 0 radical (unpaired) electrons. The predicted octanol–water partition coefficient (Wildman–Crippen LogP) is 1.92. The van der Waals surface area contributed by atoms with Gasteiger partial charge in [-0.2, -0.15) is 0 Å². The largest absolute Gasteiger partial charge is 0.494 e. The van der Waals surface area contributed by atoms with Crippen LogP contribution in [0.5, 0.6) is 5.75 Å². The predicted molar refractivity (Wildman–Crippen MR) is 105 cm³/mol. The molecule has 0 aliphatic carbocycles. The Balaban J connectivity index is 1.48. The van der Waals surface area contributed by atoms with Crippen LogP contribution in [0, 0.1) is 6.92 Å². The van der Waals surface area contributed by atoms with E-state index in [2.05, 4.69) is 45.6 Å². The van der Waals surface area contributed by atoms with E-state index in [1.54, 1.807) is 7.05 Å². The minimum Gasteiger partial charge on any atom is -0.494 e. The lowest BCUT2D eigenvalue weighted by Crippen LogP contribution is -2.51. The quantitative estimate of drug-likeness (QED) is 0.600. The van der Waals surface area contributed by atoms with Crippen molar-refractivity contribution in [3.05, 3.63) is 29.3 Å². The summed E-state index contributed by atoms with van der Waals surface area (Å²) in [6.07, 6.45) is 2.80. The van der Waals surface area contributed by atoms with Crippen LogP contribution in [0.15, 0.2) is 23.2 Å². The SMILES string of the molecule is CCOc1cc(C)ccc1CNC(=NC)NCC1CN2CCCC2CO1. The number of aryl methyl sites for hydroxylation is 1. The van der Waals surface area contributed by atoms with E-state index in [-0.39, 0.29) is 6.10 Å². The number of aliphatic imine (C=N–C) groups is 1. The number of hydrogen-bond acceptors (Lipinski definition) is 4. The van der Waals surface area contributed by atoms with Crippen LogP contribution in [0.1, 0.15) is 30.9 Å². The van der Waals surface area contributed by atoms with Crippen molar-refractivity contribution in [1.29, 1.82) is 0 Å². The first-order chi connectivity index (χ1) is 12.7. The van der Waals surface area contributed by atoms with Gasteiger partial charge in [0.1, 0.15) is 5.75 Å². The third-order valence-corrected chi connectivity index (χ3v) is 5.15. The number of nitrogens with one attached hydrogen (secondary N) is 2. The summed E-state index contributed by atoms with van der Waals surface area (Å²) in [5.41, 5.74) is 2.34. The van der Waals surface area contributed by atoms with E-state index >= 15 is 0 Å². The second kappa shape index (κ2) is 9.24. The van der Waals surface area contributed by atoms with Gasteiger partial charge in [0, 0.05) is 38.3 Å². The van der Waals surface area contributed by atoms with Crippen molar-refractivity contribution in [2.75, 3.05) is 39.9 Å². The lowest BCUT2D eigenvalue weighted by molar-refractivity contribution is -0.0453. The van der Waals surface area contributed by atoms with E-state index in [0.29, 0.717) is 19.2 Å². The number of ether oxygens (including phenoxy) is 2. The fraction of sp³-hybridized carbons (Fsp3) is 0.650. The van der Waals surface area contributed by atoms with Gasteiger partial charge in [0.25, 0.3) is 0 Å². The molecule has 6 heteroatoms. The van der Waals surface area contributed by atoms with Gasteiger partial charge in [-0.1, -0.05) is 12.1 Å². The third-order valence-electron chi connectivity index (χ3n) is 5.15. The van der Waals surface area contributed by atoms with E-state index in [1.165, 1.54) is 24.9 Å². The zero-order valence-corrected chi connectivity index (χ0v) is 16.3. The Morgan fingerprint density at radius 1 is 1.38 bits per heavy atom. The molecule has 0 aromatic heterocycles. The first kappa shape index (κ1) is 19.0. The number of nitrogens with zero attached hydrogens (tertiary/aromatic N) is 2. The molecule has 2 fully saturated rings. The molecule has 3 rings (SSSR count). The Bertz CT molecular complexity index is 620. The second-order valence-corrected chi connectivity index (χ2v) is 7.10. The lowest BCUT2D eigenvalue weighted by Gasteiger charge is -2.35. The van der Waals surface area contributed by atoms with Crippen LogP contribution in [-0.2, 0) is 11.3 Å². The minimum absolute atomic E-state index is 0.223. The van der Waals surface area contributed by atoms with Gasteiger partial charge in [0.15, 0.2) is 5.96 Å². The Morgan fingerprint density at radius 2 is 2.27 bits per heavy atom. The molecule has 1 aromatic rings. The summed E-state index contributed by atoms with van der Waals surface area (Å²) in [7, 11) is 1.80. The highest BCUT2D eigenvalue weighted by molar-refractivity contribution is 5.79. The van der Waals surface area contributed by atoms with Crippen LogP contribution >= 0.6 is 0 Å². The van der Waals surface area contributed by atoms with Crippen molar-refractivity contribution in [2.24, 2.45) is 4.99 Å². The van der Waals surface area contributed by atoms with Gasteiger partial charge in [-0.3, -0.25) is 9.89 Å². The summed E-state index contributed by atoms with van der Waals surface area (Å²) in [6.45, 7) is 9.29. The smallest absolute Gasteiger partial charge is 0.191 e. The Hall–Kier alpha value is -1.79. The van der Waals surface area contributed by atoms with Crippen molar-refractivity contribution < 1.29 is 9.47 Å². The molecule has 6 nitrogen and oxygen atoms in total. The molecule has 2 unspecified atom stereocenters. The fourth-order valence-electron chi connectivity index (χ4n) is 3.72.